The molecule has 3 atom stereocenters. The third-order valence-electron chi connectivity index (χ3n) is 6.83. The molecule has 1 fully saturated rings. The number of ether oxygens (including phenoxy) is 3. The molecule has 0 radical (unpaired) electrons. The third-order valence-corrected chi connectivity index (χ3v) is 7.61. The molecule has 2 aromatic carbocycles. The summed E-state index contributed by atoms with van der Waals surface area (Å²) in [6.07, 6.45) is -0.741. The number of carbonyl (C=O) groups is 2. The fourth-order valence-corrected chi connectivity index (χ4v) is 5.36. The number of carbonyl (C=O) groups excluding carboxylic acids is 2. The molecule has 1 saturated heterocycles. The average Bonchev–Trinajstić information content (AvgIpc) is 3.48. The van der Waals surface area contributed by atoms with Gasteiger partial charge in [-0.1, -0.05) is 35.4 Å². The van der Waals surface area contributed by atoms with Gasteiger partial charge in [0.1, 0.15) is 47.7 Å². The molecular formula is C29H27BrN6O5. The predicted octanol–water partition coefficient (Wildman–Crippen LogP) is 4.36. The highest BCUT2D eigenvalue weighted by molar-refractivity contribution is 9.10. The van der Waals surface area contributed by atoms with Crippen LogP contribution in [0.4, 0.5) is 5.82 Å². The van der Waals surface area contributed by atoms with Gasteiger partial charge in [-0.3, -0.25) is 9.58 Å². The fraction of sp³-hybridized carbons (Fsp3) is 0.276. The second-order valence-electron chi connectivity index (χ2n) is 9.79. The number of nitriles is 1. The number of fused-ring (bicyclic) bond motifs is 1. The van der Waals surface area contributed by atoms with Gasteiger partial charge >= 0.3 is 11.9 Å². The molecule has 0 amide bonds. The number of hydrogen-bond acceptors (Lipinski definition) is 10. The maximum Gasteiger partial charge on any atom is 0.338 e. The van der Waals surface area contributed by atoms with E-state index in [9.17, 15) is 14.9 Å². The molecule has 2 aromatic heterocycles. The van der Waals surface area contributed by atoms with Crippen molar-refractivity contribution in [2.24, 2.45) is 5.84 Å². The highest BCUT2D eigenvalue weighted by Gasteiger charge is 2.42. The van der Waals surface area contributed by atoms with Crippen LogP contribution in [0.15, 0.2) is 59.5 Å². The number of aromatic nitrogens is 3. The number of hydrazine groups is 1. The van der Waals surface area contributed by atoms with Gasteiger partial charge in [-0.25, -0.2) is 25.4 Å². The predicted molar refractivity (Wildman–Crippen MR) is 153 cm³/mol. The molecule has 1 aliphatic heterocycles. The van der Waals surface area contributed by atoms with Crippen molar-refractivity contribution in [3.8, 4) is 6.07 Å². The highest BCUT2D eigenvalue weighted by Crippen LogP contribution is 2.41. The Morgan fingerprint density at radius 3 is 2.29 bits per heavy atom. The van der Waals surface area contributed by atoms with Crippen LogP contribution in [0.3, 0.4) is 0 Å². The van der Waals surface area contributed by atoms with Gasteiger partial charge in [0.15, 0.2) is 5.82 Å². The number of rotatable bonds is 7. The molecule has 0 bridgehead atoms. The summed E-state index contributed by atoms with van der Waals surface area (Å²) in [5, 5.41) is 11.7. The first-order valence-corrected chi connectivity index (χ1v) is 13.6. The van der Waals surface area contributed by atoms with Crippen molar-refractivity contribution >= 4 is 44.7 Å². The lowest BCUT2D eigenvalue weighted by molar-refractivity contribution is -0.0566. The van der Waals surface area contributed by atoms with Gasteiger partial charge in [0.05, 0.1) is 22.1 Å². The van der Waals surface area contributed by atoms with Gasteiger partial charge in [-0.05, 0) is 54.0 Å². The summed E-state index contributed by atoms with van der Waals surface area (Å²) in [6, 6.07) is 16.2. The molecule has 4 aromatic rings. The van der Waals surface area contributed by atoms with Crippen LogP contribution in [-0.4, -0.2) is 52.3 Å². The lowest BCUT2D eigenvalue weighted by atomic mass is 10.1. The van der Waals surface area contributed by atoms with Crippen molar-refractivity contribution < 1.29 is 23.8 Å². The standard InChI is InChI=1S/C29H27BrN6O5/c1-16-4-8-18(9-5-16)28(37)39-14-22-21(41-29(38)19-10-6-17(2)7-11-19)12-23(40-22)36-25(30)20(13-31)24-26(35(3)32)33-15-34-27(24)36/h4-11,15,21-23H,12,14,32H2,1-3H3/t21-,22+,23+/m0/s1. The van der Waals surface area contributed by atoms with Crippen LogP contribution >= 0.6 is 15.9 Å². The van der Waals surface area contributed by atoms with E-state index in [1.165, 1.54) is 11.3 Å². The van der Waals surface area contributed by atoms with E-state index in [0.29, 0.717) is 32.6 Å². The van der Waals surface area contributed by atoms with Gasteiger partial charge in [0.2, 0.25) is 0 Å². The zero-order valence-electron chi connectivity index (χ0n) is 22.6. The van der Waals surface area contributed by atoms with E-state index in [-0.39, 0.29) is 18.6 Å². The second kappa shape index (κ2) is 11.7. The lowest BCUT2D eigenvalue weighted by Gasteiger charge is -2.19. The number of hydrogen-bond donors (Lipinski definition) is 1. The monoisotopic (exact) mass is 618 g/mol. The average molecular weight is 619 g/mol. The Morgan fingerprint density at radius 2 is 1.71 bits per heavy atom. The first-order valence-electron chi connectivity index (χ1n) is 12.8. The van der Waals surface area contributed by atoms with Crippen molar-refractivity contribution in [3.05, 3.63) is 87.3 Å². The van der Waals surface area contributed by atoms with Crippen molar-refractivity contribution in [1.29, 1.82) is 5.26 Å². The minimum Gasteiger partial charge on any atom is -0.459 e. The van der Waals surface area contributed by atoms with E-state index in [0.717, 1.165) is 11.1 Å². The zero-order valence-corrected chi connectivity index (χ0v) is 24.2. The second-order valence-corrected chi connectivity index (χ2v) is 10.5. The Balaban J connectivity index is 1.46. The van der Waals surface area contributed by atoms with E-state index in [2.05, 4.69) is 32.0 Å². The number of nitrogens with zero attached hydrogens (tertiary/aromatic N) is 5. The van der Waals surface area contributed by atoms with Crippen LogP contribution in [0, 0.1) is 25.2 Å². The van der Waals surface area contributed by atoms with Crippen molar-refractivity contribution in [1.82, 2.24) is 14.5 Å². The zero-order chi connectivity index (χ0) is 29.3. The summed E-state index contributed by atoms with van der Waals surface area (Å²) in [7, 11) is 1.61. The third kappa shape index (κ3) is 5.65. The van der Waals surface area contributed by atoms with Crippen molar-refractivity contribution in [2.75, 3.05) is 18.7 Å². The van der Waals surface area contributed by atoms with E-state index in [4.69, 9.17) is 20.1 Å². The molecule has 1 aliphatic rings. The normalized spacial score (nSPS) is 18.2. The van der Waals surface area contributed by atoms with Crippen LogP contribution in [-0.2, 0) is 14.2 Å². The first kappa shape index (κ1) is 28.2. The number of aryl methyl sites for hydroxylation is 2. The Kier molecular flexibility index (Phi) is 8.03. The van der Waals surface area contributed by atoms with Crippen LogP contribution in [0.5, 0.6) is 0 Å². The van der Waals surface area contributed by atoms with E-state index >= 15 is 0 Å². The van der Waals surface area contributed by atoms with Crippen molar-refractivity contribution in [3.63, 3.8) is 0 Å². The summed E-state index contributed by atoms with van der Waals surface area (Å²) < 4.78 is 19.9. The van der Waals surface area contributed by atoms with E-state index in [1.807, 2.05) is 38.1 Å². The molecule has 11 nitrogen and oxygen atoms in total. The molecule has 41 heavy (non-hydrogen) atoms. The largest absolute Gasteiger partial charge is 0.459 e. The summed E-state index contributed by atoms with van der Waals surface area (Å²) in [5.41, 5.74) is 3.48. The molecule has 0 spiro atoms. The maximum atomic E-state index is 13.1. The minimum atomic E-state index is -0.794. The summed E-state index contributed by atoms with van der Waals surface area (Å²) in [5.74, 6) is 5.28. The SMILES string of the molecule is Cc1ccc(C(=O)OC[C@H]2O[C@@H](n3c(Br)c(C#N)c4c(N(C)N)ncnc43)C[C@@H]2OC(=O)c2ccc(C)cc2)cc1. The van der Waals surface area contributed by atoms with E-state index < -0.39 is 30.4 Å². The molecule has 0 saturated carbocycles. The van der Waals surface area contributed by atoms with E-state index in [1.54, 1.807) is 35.9 Å². The van der Waals surface area contributed by atoms with Gasteiger partial charge in [-0.2, -0.15) is 5.26 Å². The summed E-state index contributed by atoms with van der Waals surface area (Å²) in [4.78, 5) is 34.4. The molecule has 5 rings (SSSR count). The van der Waals surface area contributed by atoms with Gasteiger partial charge in [0, 0.05) is 13.5 Å². The Morgan fingerprint density at radius 1 is 1.10 bits per heavy atom. The first-order chi connectivity index (χ1) is 19.7. The molecule has 0 aliphatic carbocycles. The lowest BCUT2D eigenvalue weighted by Crippen LogP contribution is -2.32. The number of nitrogens with two attached hydrogens (primary N) is 1. The Bertz CT molecular complexity index is 1650. The molecule has 2 N–H and O–H groups in total. The Hall–Kier alpha value is -4.31. The van der Waals surface area contributed by atoms with Crippen LogP contribution in [0.1, 0.15) is 50.1 Å². The number of anilines is 1. The number of esters is 2. The topological polar surface area (TPSA) is 146 Å². The quantitative estimate of drug-likeness (QED) is 0.180. The molecule has 12 heteroatoms. The minimum absolute atomic E-state index is 0.164. The van der Waals surface area contributed by atoms with Crippen LogP contribution in [0.2, 0.25) is 0 Å². The number of halogens is 1. The van der Waals surface area contributed by atoms with Gasteiger partial charge in [0.25, 0.3) is 0 Å². The molecule has 210 valence electrons. The Labute approximate surface area is 244 Å². The number of benzene rings is 2. The molecule has 3 heterocycles. The fourth-order valence-electron chi connectivity index (χ4n) is 4.68. The summed E-state index contributed by atoms with van der Waals surface area (Å²) in [6.45, 7) is 3.69. The van der Waals surface area contributed by atoms with Crippen LogP contribution < -0.4 is 10.9 Å². The molecule has 0 unspecified atom stereocenters. The smallest absolute Gasteiger partial charge is 0.338 e. The van der Waals surface area contributed by atoms with Crippen molar-refractivity contribution in [2.45, 2.75) is 38.7 Å². The maximum absolute atomic E-state index is 13.1. The van der Waals surface area contributed by atoms with Crippen LogP contribution in [0.25, 0.3) is 11.0 Å². The highest BCUT2D eigenvalue weighted by atomic mass is 79.9. The summed E-state index contributed by atoms with van der Waals surface area (Å²) >= 11 is 3.52. The van der Waals surface area contributed by atoms with Gasteiger partial charge < -0.3 is 14.2 Å². The van der Waals surface area contributed by atoms with Gasteiger partial charge in [-0.15, -0.1) is 0 Å². The molecular weight excluding hydrogens is 592 g/mol.